The standard InChI is InChI=1S/C17H24N2O/c1-12(2)19-17(11-18)8-7-15(10-17)20-16-9-13(3)5-6-14(16)4/h5-6,9,12,15,19H,7-8,10H2,1-4H3. The molecule has 0 aromatic heterocycles. The summed E-state index contributed by atoms with van der Waals surface area (Å²) in [4.78, 5) is 0. The first-order valence-electron chi connectivity index (χ1n) is 7.37. The van der Waals surface area contributed by atoms with Crippen molar-refractivity contribution in [2.24, 2.45) is 0 Å². The van der Waals surface area contributed by atoms with Crippen LogP contribution in [0.1, 0.15) is 44.2 Å². The molecule has 2 rings (SSSR count). The Bertz CT molecular complexity index is 518. The lowest BCUT2D eigenvalue weighted by Gasteiger charge is -2.25. The number of benzene rings is 1. The van der Waals surface area contributed by atoms with Crippen molar-refractivity contribution in [2.75, 3.05) is 0 Å². The third kappa shape index (κ3) is 3.32. The van der Waals surface area contributed by atoms with Gasteiger partial charge < -0.3 is 4.74 Å². The van der Waals surface area contributed by atoms with Gasteiger partial charge in [0.2, 0.25) is 0 Å². The van der Waals surface area contributed by atoms with Gasteiger partial charge in [0.15, 0.2) is 0 Å². The Kier molecular flexibility index (Phi) is 4.35. The summed E-state index contributed by atoms with van der Waals surface area (Å²) in [6.07, 6.45) is 2.67. The third-order valence-corrected chi connectivity index (χ3v) is 3.89. The minimum atomic E-state index is -0.420. The Balaban J connectivity index is 2.06. The zero-order valence-corrected chi connectivity index (χ0v) is 12.9. The molecular weight excluding hydrogens is 248 g/mol. The Hall–Kier alpha value is -1.53. The zero-order valence-electron chi connectivity index (χ0n) is 12.9. The van der Waals surface area contributed by atoms with Gasteiger partial charge in [0.25, 0.3) is 0 Å². The summed E-state index contributed by atoms with van der Waals surface area (Å²) >= 11 is 0. The van der Waals surface area contributed by atoms with E-state index in [-0.39, 0.29) is 6.10 Å². The molecule has 0 radical (unpaired) electrons. The lowest BCUT2D eigenvalue weighted by molar-refractivity contribution is 0.198. The van der Waals surface area contributed by atoms with Crippen molar-refractivity contribution in [2.45, 2.75) is 64.6 Å². The van der Waals surface area contributed by atoms with Gasteiger partial charge in [0.05, 0.1) is 6.07 Å². The highest BCUT2D eigenvalue weighted by atomic mass is 16.5. The number of nitrogens with one attached hydrogen (secondary N) is 1. The van der Waals surface area contributed by atoms with Crippen molar-refractivity contribution >= 4 is 0 Å². The molecule has 1 fully saturated rings. The number of hydrogen-bond donors (Lipinski definition) is 1. The van der Waals surface area contributed by atoms with Gasteiger partial charge in [-0.05, 0) is 57.7 Å². The fraction of sp³-hybridized carbons (Fsp3) is 0.588. The second-order valence-corrected chi connectivity index (χ2v) is 6.24. The van der Waals surface area contributed by atoms with Crippen LogP contribution in [0.25, 0.3) is 0 Å². The van der Waals surface area contributed by atoms with Crippen molar-refractivity contribution < 1.29 is 4.74 Å². The van der Waals surface area contributed by atoms with Gasteiger partial charge in [0.1, 0.15) is 17.4 Å². The van der Waals surface area contributed by atoms with E-state index in [1.165, 1.54) is 5.56 Å². The molecule has 1 aliphatic rings. The molecule has 1 aliphatic carbocycles. The van der Waals surface area contributed by atoms with E-state index in [1.54, 1.807) is 0 Å². The molecule has 20 heavy (non-hydrogen) atoms. The maximum Gasteiger partial charge on any atom is 0.122 e. The maximum atomic E-state index is 9.48. The summed E-state index contributed by atoms with van der Waals surface area (Å²) in [6, 6.07) is 9.04. The van der Waals surface area contributed by atoms with Gasteiger partial charge in [0, 0.05) is 12.5 Å². The SMILES string of the molecule is Cc1ccc(C)c(OC2CCC(C#N)(NC(C)C)C2)c1. The van der Waals surface area contributed by atoms with Crippen LogP contribution in [-0.2, 0) is 0 Å². The molecule has 3 nitrogen and oxygen atoms in total. The lowest BCUT2D eigenvalue weighted by atomic mass is 9.98. The first kappa shape index (κ1) is 14.9. The predicted molar refractivity (Wildman–Crippen MR) is 80.8 cm³/mol. The molecule has 1 aromatic rings. The van der Waals surface area contributed by atoms with Gasteiger partial charge in [-0.25, -0.2) is 0 Å². The number of rotatable bonds is 4. The molecule has 108 valence electrons. The van der Waals surface area contributed by atoms with Crippen LogP contribution in [0, 0.1) is 25.2 Å². The van der Waals surface area contributed by atoms with Crippen LogP contribution in [0.3, 0.4) is 0 Å². The maximum absolute atomic E-state index is 9.48. The number of hydrogen-bond acceptors (Lipinski definition) is 3. The molecule has 0 spiro atoms. The van der Waals surface area contributed by atoms with E-state index in [0.717, 1.165) is 30.6 Å². The molecule has 0 bridgehead atoms. The molecule has 0 aliphatic heterocycles. The number of nitriles is 1. The van der Waals surface area contributed by atoms with Crippen LogP contribution in [0.5, 0.6) is 5.75 Å². The van der Waals surface area contributed by atoms with E-state index in [2.05, 4.69) is 57.3 Å². The summed E-state index contributed by atoms with van der Waals surface area (Å²) in [6.45, 7) is 8.30. The van der Waals surface area contributed by atoms with Crippen molar-refractivity contribution in [3.05, 3.63) is 29.3 Å². The summed E-state index contributed by atoms with van der Waals surface area (Å²) < 4.78 is 6.13. The lowest BCUT2D eigenvalue weighted by Crippen LogP contribution is -2.46. The summed E-state index contributed by atoms with van der Waals surface area (Å²) in [5.41, 5.74) is 1.94. The van der Waals surface area contributed by atoms with Crippen LogP contribution in [0.4, 0.5) is 0 Å². The van der Waals surface area contributed by atoms with Crippen LogP contribution < -0.4 is 10.1 Å². The highest BCUT2D eigenvalue weighted by Gasteiger charge is 2.40. The summed E-state index contributed by atoms with van der Waals surface area (Å²) in [5, 5.41) is 12.9. The average molecular weight is 272 g/mol. The first-order chi connectivity index (χ1) is 9.44. The third-order valence-electron chi connectivity index (χ3n) is 3.89. The number of aryl methyl sites for hydroxylation is 2. The Morgan fingerprint density at radius 2 is 2.15 bits per heavy atom. The molecule has 1 aromatic carbocycles. The van der Waals surface area contributed by atoms with Crippen LogP contribution in [-0.4, -0.2) is 17.7 Å². The first-order valence-corrected chi connectivity index (χ1v) is 7.37. The van der Waals surface area contributed by atoms with E-state index in [9.17, 15) is 5.26 Å². The molecule has 0 saturated heterocycles. The van der Waals surface area contributed by atoms with E-state index in [4.69, 9.17) is 4.74 Å². The van der Waals surface area contributed by atoms with Crippen molar-refractivity contribution in [1.29, 1.82) is 5.26 Å². The Morgan fingerprint density at radius 1 is 1.40 bits per heavy atom. The van der Waals surface area contributed by atoms with Gasteiger partial charge in [-0.3, -0.25) is 5.32 Å². The number of nitrogens with zero attached hydrogens (tertiary/aromatic N) is 1. The van der Waals surface area contributed by atoms with Gasteiger partial charge in [-0.15, -0.1) is 0 Å². The van der Waals surface area contributed by atoms with E-state index in [1.807, 2.05) is 0 Å². The largest absolute Gasteiger partial charge is 0.490 e. The Morgan fingerprint density at radius 3 is 2.80 bits per heavy atom. The van der Waals surface area contributed by atoms with E-state index >= 15 is 0 Å². The van der Waals surface area contributed by atoms with Crippen LogP contribution in [0.15, 0.2) is 18.2 Å². The molecule has 1 N–H and O–H groups in total. The predicted octanol–water partition coefficient (Wildman–Crippen LogP) is 3.50. The normalized spacial score (nSPS) is 25.7. The van der Waals surface area contributed by atoms with Crippen molar-refractivity contribution in [1.82, 2.24) is 5.32 Å². The van der Waals surface area contributed by atoms with E-state index in [0.29, 0.717) is 6.04 Å². The Labute approximate surface area is 121 Å². The highest BCUT2D eigenvalue weighted by molar-refractivity contribution is 5.36. The summed E-state index contributed by atoms with van der Waals surface area (Å²) in [5.74, 6) is 0.952. The zero-order chi connectivity index (χ0) is 14.8. The summed E-state index contributed by atoms with van der Waals surface area (Å²) in [7, 11) is 0. The molecule has 0 heterocycles. The van der Waals surface area contributed by atoms with Crippen LogP contribution in [0.2, 0.25) is 0 Å². The quantitative estimate of drug-likeness (QED) is 0.912. The van der Waals surface area contributed by atoms with E-state index < -0.39 is 5.54 Å². The van der Waals surface area contributed by atoms with Gasteiger partial charge in [-0.2, -0.15) is 5.26 Å². The molecule has 2 atom stereocenters. The minimum Gasteiger partial charge on any atom is -0.490 e. The average Bonchev–Trinajstić information content (AvgIpc) is 2.77. The van der Waals surface area contributed by atoms with Gasteiger partial charge in [-0.1, -0.05) is 12.1 Å². The van der Waals surface area contributed by atoms with Crippen LogP contribution >= 0.6 is 0 Å². The van der Waals surface area contributed by atoms with Crippen molar-refractivity contribution in [3.8, 4) is 11.8 Å². The highest BCUT2D eigenvalue weighted by Crippen LogP contribution is 2.34. The molecule has 0 amide bonds. The van der Waals surface area contributed by atoms with Crippen molar-refractivity contribution in [3.63, 3.8) is 0 Å². The number of ether oxygens (including phenoxy) is 1. The molecule has 3 heteroatoms. The second kappa shape index (κ2) is 5.85. The molecule has 1 saturated carbocycles. The molecule has 2 unspecified atom stereocenters. The van der Waals surface area contributed by atoms with Gasteiger partial charge >= 0.3 is 0 Å². The second-order valence-electron chi connectivity index (χ2n) is 6.24. The minimum absolute atomic E-state index is 0.126. The fourth-order valence-electron chi connectivity index (χ4n) is 2.93. The topological polar surface area (TPSA) is 45.0 Å². The smallest absolute Gasteiger partial charge is 0.122 e. The monoisotopic (exact) mass is 272 g/mol. The molecular formula is C17H24N2O. The fourth-order valence-corrected chi connectivity index (χ4v) is 2.93.